The molecular formula is C24H32ClFN4O3. The number of halogens is 2. The quantitative estimate of drug-likeness (QED) is 0.292. The lowest BCUT2D eigenvalue weighted by atomic mass is 9.90. The van der Waals surface area contributed by atoms with Crippen molar-refractivity contribution >= 4 is 35.4 Å². The number of allylic oxidation sites excluding steroid dienone is 3. The molecule has 2 heterocycles. The lowest BCUT2D eigenvalue weighted by Crippen LogP contribution is -2.46. The van der Waals surface area contributed by atoms with E-state index in [4.69, 9.17) is 11.6 Å². The number of piperazine rings is 1. The third-order valence-corrected chi connectivity index (χ3v) is 5.87. The van der Waals surface area contributed by atoms with Gasteiger partial charge in [-0.1, -0.05) is 37.6 Å². The maximum absolute atomic E-state index is 14.4. The van der Waals surface area contributed by atoms with Crippen LogP contribution < -0.4 is 10.2 Å². The average molecular weight is 479 g/mol. The first-order chi connectivity index (χ1) is 15.8. The van der Waals surface area contributed by atoms with Crippen LogP contribution >= 0.6 is 11.6 Å². The topological polar surface area (TPSA) is 73.0 Å². The van der Waals surface area contributed by atoms with E-state index in [9.17, 15) is 18.8 Å². The summed E-state index contributed by atoms with van der Waals surface area (Å²) in [6.45, 7) is 5.99. The van der Waals surface area contributed by atoms with Gasteiger partial charge in [-0.05, 0) is 24.1 Å². The Labute approximate surface area is 199 Å². The Hall–Kier alpha value is -2.87. The summed E-state index contributed by atoms with van der Waals surface area (Å²) < 4.78 is 14.4. The van der Waals surface area contributed by atoms with Crippen LogP contribution in [0.25, 0.3) is 0 Å². The Kier molecular flexibility index (Phi) is 9.91. The molecule has 1 aromatic rings. The number of imide groups is 1. The van der Waals surface area contributed by atoms with Gasteiger partial charge in [-0.25, -0.2) is 4.39 Å². The van der Waals surface area contributed by atoms with E-state index in [1.165, 1.54) is 6.08 Å². The number of nitrogens with zero attached hydrogens (tertiary/aromatic N) is 3. The predicted molar refractivity (Wildman–Crippen MR) is 129 cm³/mol. The van der Waals surface area contributed by atoms with E-state index in [0.29, 0.717) is 49.5 Å². The molecule has 0 radical (unpaired) electrons. The smallest absolute Gasteiger partial charge is 0.234 e. The second-order valence-electron chi connectivity index (χ2n) is 7.79. The molecule has 1 N–H and O–H groups in total. The number of nitrogens with one attached hydrogen (secondary N) is 1. The molecule has 2 aliphatic heterocycles. The third-order valence-electron chi connectivity index (χ3n) is 5.46. The Morgan fingerprint density at radius 2 is 1.85 bits per heavy atom. The Morgan fingerprint density at radius 3 is 2.42 bits per heavy atom. The summed E-state index contributed by atoms with van der Waals surface area (Å²) in [5, 5.41) is 2.85. The second-order valence-corrected chi connectivity index (χ2v) is 8.17. The molecule has 1 aromatic carbocycles. The minimum Gasteiger partial charge on any atom is -0.383 e. The Morgan fingerprint density at radius 1 is 1.18 bits per heavy atom. The molecule has 2 aliphatic rings. The van der Waals surface area contributed by atoms with Crippen LogP contribution in [-0.2, 0) is 14.4 Å². The summed E-state index contributed by atoms with van der Waals surface area (Å²) in [5.41, 5.74) is 1.51. The van der Waals surface area contributed by atoms with E-state index < -0.39 is 11.7 Å². The van der Waals surface area contributed by atoms with Gasteiger partial charge in [0.25, 0.3) is 0 Å². The van der Waals surface area contributed by atoms with Crippen LogP contribution in [0.4, 0.5) is 10.1 Å². The molecule has 7 nitrogen and oxygen atoms in total. The number of aldehydes is 1. The predicted octanol–water partition coefficient (Wildman–Crippen LogP) is 3.46. The lowest BCUT2D eigenvalue weighted by molar-refractivity contribution is -0.134. The van der Waals surface area contributed by atoms with Gasteiger partial charge >= 0.3 is 0 Å². The largest absolute Gasteiger partial charge is 0.383 e. The molecule has 180 valence electrons. The van der Waals surface area contributed by atoms with Crippen LogP contribution in [-0.4, -0.2) is 68.2 Å². The summed E-state index contributed by atoms with van der Waals surface area (Å²) in [4.78, 5) is 40.7. The summed E-state index contributed by atoms with van der Waals surface area (Å²) in [7, 11) is 3.55. The van der Waals surface area contributed by atoms with E-state index in [-0.39, 0.29) is 23.9 Å². The molecule has 33 heavy (non-hydrogen) atoms. The molecule has 2 saturated heterocycles. The van der Waals surface area contributed by atoms with Crippen molar-refractivity contribution in [2.24, 2.45) is 0 Å². The van der Waals surface area contributed by atoms with Gasteiger partial charge in [0.1, 0.15) is 5.70 Å². The van der Waals surface area contributed by atoms with Crippen molar-refractivity contribution in [1.82, 2.24) is 15.1 Å². The molecule has 2 amide bonds. The molecule has 0 saturated carbocycles. The minimum atomic E-state index is -0.574. The fraction of sp³-hybridized carbons (Fsp3) is 0.458. The zero-order valence-electron chi connectivity index (χ0n) is 19.6. The molecule has 0 bridgehead atoms. The van der Waals surface area contributed by atoms with E-state index >= 15 is 0 Å². The molecule has 9 heteroatoms. The first kappa shape index (κ1) is 26.4. The Bertz CT molecular complexity index is 924. The number of hydrogen-bond donors (Lipinski definition) is 1. The molecule has 2 fully saturated rings. The lowest BCUT2D eigenvalue weighted by Gasteiger charge is -2.38. The van der Waals surface area contributed by atoms with Crippen molar-refractivity contribution in [2.75, 3.05) is 45.2 Å². The highest BCUT2D eigenvalue weighted by Crippen LogP contribution is 2.37. The van der Waals surface area contributed by atoms with E-state index in [1.54, 1.807) is 30.1 Å². The molecule has 1 atom stereocenters. The first-order valence-electron chi connectivity index (χ1n) is 11.1. The maximum Gasteiger partial charge on any atom is 0.234 e. The second kappa shape index (κ2) is 12.4. The number of piperidine rings is 1. The van der Waals surface area contributed by atoms with Crippen molar-refractivity contribution in [3.63, 3.8) is 0 Å². The van der Waals surface area contributed by atoms with Crippen LogP contribution in [0.15, 0.2) is 42.0 Å². The summed E-state index contributed by atoms with van der Waals surface area (Å²) >= 11 is 6.67. The van der Waals surface area contributed by atoms with Crippen LogP contribution in [0, 0.1) is 0 Å². The number of hydrogen-bond acceptors (Lipinski definition) is 6. The standard InChI is InChI=1S/C22H26ClFN4O3.C2H6/c1-26(2)9-8-17(24)19(14-29)28-12-10-27(11-13-28)18-5-3-4-15(21(18)23)16-6-7-20(30)25-22(16)31;1-2/h3-5,8-9,14,16H,6-7,10-13H2,1-2H3,(H,25,30,31);1-2H3/b9-8-,19-17-;. The third kappa shape index (κ3) is 6.57. The highest BCUT2D eigenvalue weighted by atomic mass is 35.5. The van der Waals surface area contributed by atoms with Gasteiger partial charge < -0.3 is 14.7 Å². The van der Waals surface area contributed by atoms with Gasteiger partial charge in [0.05, 0.1) is 16.6 Å². The van der Waals surface area contributed by atoms with Crippen molar-refractivity contribution in [1.29, 1.82) is 0 Å². The molecular weight excluding hydrogens is 447 g/mol. The molecule has 0 aliphatic carbocycles. The number of carbonyl (C=O) groups excluding carboxylic acids is 3. The zero-order valence-corrected chi connectivity index (χ0v) is 20.4. The highest BCUT2D eigenvalue weighted by Gasteiger charge is 2.31. The van der Waals surface area contributed by atoms with Crippen LogP contribution in [0.5, 0.6) is 0 Å². The fourth-order valence-corrected chi connectivity index (χ4v) is 4.19. The van der Waals surface area contributed by atoms with Gasteiger partial charge in [0, 0.05) is 52.9 Å². The number of benzene rings is 1. The van der Waals surface area contributed by atoms with Crippen molar-refractivity contribution in [3.05, 3.63) is 52.6 Å². The van der Waals surface area contributed by atoms with Crippen molar-refractivity contribution in [3.8, 4) is 0 Å². The Balaban J connectivity index is 0.00000187. The van der Waals surface area contributed by atoms with Crippen LogP contribution in [0.2, 0.25) is 5.02 Å². The molecule has 3 rings (SSSR count). The van der Waals surface area contributed by atoms with E-state index in [1.807, 2.05) is 32.0 Å². The normalized spacial score (nSPS) is 19.5. The van der Waals surface area contributed by atoms with Gasteiger partial charge in [-0.2, -0.15) is 0 Å². The monoisotopic (exact) mass is 478 g/mol. The summed E-state index contributed by atoms with van der Waals surface area (Å²) in [6.07, 6.45) is 4.08. The molecule has 1 unspecified atom stereocenters. The summed E-state index contributed by atoms with van der Waals surface area (Å²) in [6, 6.07) is 5.53. The van der Waals surface area contributed by atoms with Crippen molar-refractivity contribution < 1.29 is 18.8 Å². The summed E-state index contributed by atoms with van der Waals surface area (Å²) in [5.74, 6) is -1.64. The first-order valence-corrected chi connectivity index (χ1v) is 11.5. The van der Waals surface area contributed by atoms with Crippen LogP contribution in [0.3, 0.4) is 0 Å². The average Bonchev–Trinajstić information content (AvgIpc) is 2.81. The number of rotatable bonds is 6. The van der Waals surface area contributed by atoms with Gasteiger partial charge in [0.15, 0.2) is 12.1 Å². The van der Waals surface area contributed by atoms with Gasteiger partial charge in [0.2, 0.25) is 11.8 Å². The number of carbonyl (C=O) groups is 3. The number of anilines is 1. The maximum atomic E-state index is 14.4. The van der Waals surface area contributed by atoms with E-state index in [0.717, 1.165) is 5.69 Å². The fourth-order valence-electron chi connectivity index (χ4n) is 3.81. The zero-order chi connectivity index (χ0) is 24.5. The highest BCUT2D eigenvalue weighted by molar-refractivity contribution is 6.34. The van der Waals surface area contributed by atoms with Crippen LogP contribution in [0.1, 0.15) is 38.2 Å². The molecule has 0 spiro atoms. The number of amides is 2. The van der Waals surface area contributed by atoms with Gasteiger partial charge in [-0.15, -0.1) is 0 Å². The van der Waals surface area contributed by atoms with E-state index in [2.05, 4.69) is 10.2 Å². The van der Waals surface area contributed by atoms with Crippen molar-refractivity contribution in [2.45, 2.75) is 32.6 Å². The SMILES string of the molecule is CC.CN(C)/C=C\C(F)=C(/C=O)N1CCN(c2cccc(C3CCC(=O)NC3=O)c2Cl)CC1. The van der Waals surface area contributed by atoms with Gasteiger partial charge in [-0.3, -0.25) is 19.7 Å². The minimum absolute atomic E-state index is 0.0288. The molecule has 0 aromatic heterocycles.